The number of ether oxygens (including phenoxy) is 2. The van der Waals surface area contributed by atoms with Crippen LogP contribution in [0.15, 0.2) is 42.5 Å². The molecule has 3 rings (SSSR count). The van der Waals surface area contributed by atoms with Crippen LogP contribution < -0.4 is 20.1 Å². The maximum absolute atomic E-state index is 12.5. The lowest BCUT2D eigenvalue weighted by Gasteiger charge is -2.22. The van der Waals surface area contributed by atoms with Crippen molar-refractivity contribution in [2.75, 3.05) is 43.5 Å². The maximum Gasteiger partial charge on any atom is 0.238 e. The van der Waals surface area contributed by atoms with Crippen LogP contribution in [-0.2, 0) is 9.59 Å². The zero-order chi connectivity index (χ0) is 20.6. The SMILES string of the molecule is CCCN(CC(=O)Nc1ccc2c(c1)OCCO2)CC(=O)Nc1ccccc1C. The number of fused-ring (bicyclic) bond motifs is 1. The van der Waals surface area contributed by atoms with E-state index in [1.807, 2.05) is 43.0 Å². The van der Waals surface area contributed by atoms with Gasteiger partial charge in [-0.2, -0.15) is 0 Å². The summed E-state index contributed by atoms with van der Waals surface area (Å²) in [5.74, 6) is 0.977. The largest absolute Gasteiger partial charge is 0.486 e. The Balaban J connectivity index is 1.56. The Bertz CT molecular complexity index is 869. The van der Waals surface area contributed by atoms with Gasteiger partial charge in [-0.05, 0) is 43.7 Å². The molecule has 2 aromatic carbocycles. The van der Waals surface area contributed by atoms with E-state index >= 15 is 0 Å². The van der Waals surface area contributed by atoms with Crippen LogP contribution in [0.4, 0.5) is 11.4 Å². The Hall–Kier alpha value is -3.06. The van der Waals surface area contributed by atoms with Gasteiger partial charge in [0, 0.05) is 17.4 Å². The van der Waals surface area contributed by atoms with E-state index in [0.717, 1.165) is 17.7 Å². The summed E-state index contributed by atoms with van der Waals surface area (Å²) in [5, 5.41) is 5.78. The van der Waals surface area contributed by atoms with Crippen molar-refractivity contribution in [2.24, 2.45) is 0 Å². The average Bonchev–Trinajstić information content (AvgIpc) is 2.69. The minimum Gasteiger partial charge on any atom is -0.486 e. The van der Waals surface area contributed by atoms with E-state index in [1.165, 1.54) is 0 Å². The first-order chi connectivity index (χ1) is 14.0. The molecule has 1 heterocycles. The first-order valence-electron chi connectivity index (χ1n) is 9.82. The van der Waals surface area contributed by atoms with Crippen molar-refractivity contribution in [3.63, 3.8) is 0 Å². The molecular weight excluding hydrogens is 370 g/mol. The second kappa shape index (κ2) is 9.93. The van der Waals surface area contributed by atoms with E-state index in [2.05, 4.69) is 10.6 Å². The fourth-order valence-electron chi connectivity index (χ4n) is 3.16. The van der Waals surface area contributed by atoms with Crippen LogP contribution in [0.5, 0.6) is 11.5 Å². The lowest BCUT2D eigenvalue weighted by atomic mass is 10.2. The molecule has 0 aromatic heterocycles. The number of aryl methyl sites for hydroxylation is 1. The first kappa shape index (κ1) is 20.7. The van der Waals surface area contributed by atoms with Gasteiger partial charge in [-0.15, -0.1) is 0 Å². The molecule has 1 aliphatic heterocycles. The number of hydrogen-bond acceptors (Lipinski definition) is 5. The molecule has 7 heteroatoms. The summed E-state index contributed by atoms with van der Waals surface area (Å²) >= 11 is 0. The number of rotatable bonds is 8. The molecule has 1 aliphatic rings. The van der Waals surface area contributed by atoms with Crippen LogP contribution >= 0.6 is 0 Å². The maximum atomic E-state index is 12.5. The Kier molecular flexibility index (Phi) is 7.08. The number of amides is 2. The highest BCUT2D eigenvalue weighted by molar-refractivity contribution is 5.95. The molecule has 2 N–H and O–H groups in total. The van der Waals surface area contributed by atoms with E-state index in [0.29, 0.717) is 36.9 Å². The van der Waals surface area contributed by atoms with Gasteiger partial charge in [0.1, 0.15) is 13.2 Å². The fraction of sp³-hybridized carbons (Fsp3) is 0.364. The number of nitrogens with one attached hydrogen (secondary N) is 2. The number of anilines is 2. The second-order valence-corrected chi connectivity index (χ2v) is 6.98. The van der Waals surface area contributed by atoms with Crippen LogP contribution in [0.3, 0.4) is 0 Å². The highest BCUT2D eigenvalue weighted by atomic mass is 16.6. The molecule has 0 spiro atoms. The highest BCUT2D eigenvalue weighted by Crippen LogP contribution is 2.32. The van der Waals surface area contributed by atoms with E-state index < -0.39 is 0 Å². The molecule has 154 valence electrons. The van der Waals surface area contributed by atoms with Gasteiger partial charge >= 0.3 is 0 Å². The quantitative estimate of drug-likeness (QED) is 0.716. The summed E-state index contributed by atoms with van der Waals surface area (Å²) in [6, 6.07) is 12.9. The van der Waals surface area contributed by atoms with Gasteiger partial charge in [-0.1, -0.05) is 25.1 Å². The van der Waals surface area contributed by atoms with Gasteiger partial charge in [-0.3, -0.25) is 14.5 Å². The van der Waals surface area contributed by atoms with E-state index in [4.69, 9.17) is 9.47 Å². The van der Waals surface area contributed by atoms with Crippen LogP contribution in [0.25, 0.3) is 0 Å². The molecule has 29 heavy (non-hydrogen) atoms. The van der Waals surface area contributed by atoms with E-state index in [9.17, 15) is 9.59 Å². The first-order valence-corrected chi connectivity index (χ1v) is 9.82. The molecule has 0 unspecified atom stereocenters. The van der Waals surface area contributed by atoms with Crippen molar-refractivity contribution < 1.29 is 19.1 Å². The molecule has 2 aromatic rings. The lowest BCUT2D eigenvalue weighted by molar-refractivity contribution is -0.120. The van der Waals surface area contributed by atoms with Crippen molar-refractivity contribution in [3.8, 4) is 11.5 Å². The van der Waals surface area contributed by atoms with Crippen molar-refractivity contribution in [3.05, 3.63) is 48.0 Å². The summed E-state index contributed by atoms with van der Waals surface area (Å²) in [4.78, 5) is 26.8. The summed E-state index contributed by atoms with van der Waals surface area (Å²) in [7, 11) is 0. The highest BCUT2D eigenvalue weighted by Gasteiger charge is 2.16. The minimum absolute atomic E-state index is 0.128. The molecule has 0 bridgehead atoms. The standard InChI is InChI=1S/C22H27N3O4/c1-3-10-25(15-22(27)24-18-7-5-4-6-16(18)2)14-21(26)23-17-8-9-19-20(13-17)29-12-11-28-19/h4-9,13H,3,10-12,14-15H2,1-2H3,(H,23,26)(H,24,27). The zero-order valence-corrected chi connectivity index (χ0v) is 16.9. The van der Waals surface area contributed by atoms with Gasteiger partial charge in [-0.25, -0.2) is 0 Å². The molecule has 2 amide bonds. The average molecular weight is 397 g/mol. The van der Waals surface area contributed by atoms with Crippen molar-refractivity contribution in [1.29, 1.82) is 0 Å². The Morgan fingerprint density at radius 3 is 2.38 bits per heavy atom. The third-order valence-corrected chi connectivity index (χ3v) is 4.52. The van der Waals surface area contributed by atoms with Crippen molar-refractivity contribution in [2.45, 2.75) is 20.3 Å². The molecular formula is C22H27N3O4. The van der Waals surface area contributed by atoms with Crippen molar-refractivity contribution in [1.82, 2.24) is 4.90 Å². The predicted molar refractivity (Wildman–Crippen MR) is 113 cm³/mol. The minimum atomic E-state index is -0.182. The van der Waals surface area contributed by atoms with Gasteiger partial charge in [0.2, 0.25) is 11.8 Å². The normalized spacial score (nSPS) is 12.5. The number of benzene rings is 2. The smallest absolute Gasteiger partial charge is 0.238 e. The van der Waals surface area contributed by atoms with Gasteiger partial charge in [0.15, 0.2) is 11.5 Å². The fourth-order valence-corrected chi connectivity index (χ4v) is 3.16. The number of para-hydroxylation sites is 1. The summed E-state index contributed by atoms with van der Waals surface area (Å²) in [6.45, 7) is 5.90. The molecule has 0 atom stereocenters. The zero-order valence-electron chi connectivity index (χ0n) is 16.9. The van der Waals surface area contributed by atoms with Crippen LogP contribution in [0, 0.1) is 6.92 Å². The molecule has 0 saturated carbocycles. The van der Waals surface area contributed by atoms with Crippen molar-refractivity contribution >= 4 is 23.2 Å². The number of nitrogens with zero attached hydrogens (tertiary/aromatic N) is 1. The summed E-state index contributed by atoms with van der Waals surface area (Å²) in [5.41, 5.74) is 2.42. The Morgan fingerprint density at radius 1 is 0.966 bits per heavy atom. The van der Waals surface area contributed by atoms with E-state index in [1.54, 1.807) is 18.2 Å². The van der Waals surface area contributed by atoms with Gasteiger partial charge < -0.3 is 20.1 Å². The molecule has 0 aliphatic carbocycles. The van der Waals surface area contributed by atoms with Crippen LogP contribution in [0.2, 0.25) is 0 Å². The molecule has 7 nitrogen and oxygen atoms in total. The third-order valence-electron chi connectivity index (χ3n) is 4.52. The molecule has 0 radical (unpaired) electrons. The van der Waals surface area contributed by atoms with Gasteiger partial charge in [0.05, 0.1) is 13.1 Å². The lowest BCUT2D eigenvalue weighted by Crippen LogP contribution is -2.39. The summed E-state index contributed by atoms with van der Waals surface area (Å²) < 4.78 is 11.0. The van der Waals surface area contributed by atoms with Gasteiger partial charge in [0.25, 0.3) is 0 Å². The number of carbonyl (C=O) groups excluding carboxylic acids is 2. The number of carbonyl (C=O) groups is 2. The third kappa shape index (κ3) is 5.96. The van der Waals surface area contributed by atoms with E-state index in [-0.39, 0.29) is 24.9 Å². The monoisotopic (exact) mass is 397 g/mol. The molecule has 0 saturated heterocycles. The van der Waals surface area contributed by atoms with Crippen LogP contribution in [-0.4, -0.2) is 49.6 Å². The molecule has 0 fully saturated rings. The Labute approximate surface area is 171 Å². The second-order valence-electron chi connectivity index (χ2n) is 6.98. The van der Waals surface area contributed by atoms with Crippen LogP contribution in [0.1, 0.15) is 18.9 Å². The topological polar surface area (TPSA) is 79.9 Å². The Morgan fingerprint density at radius 2 is 1.66 bits per heavy atom. The predicted octanol–water partition coefficient (Wildman–Crippen LogP) is 3.06. The summed E-state index contributed by atoms with van der Waals surface area (Å²) in [6.07, 6.45) is 0.842. The number of hydrogen-bond donors (Lipinski definition) is 2.